The van der Waals surface area contributed by atoms with Crippen LogP contribution in [0.4, 0.5) is 17.1 Å². The zero-order valence-electron chi connectivity index (χ0n) is 15.9. The summed E-state index contributed by atoms with van der Waals surface area (Å²) in [5.74, 6) is -0.267. The second kappa shape index (κ2) is 8.26. The van der Waals surface area contributed by atoms with E-state index in [0.29, 0.717) is 12.1 Å². The molecule has 3 aromatic carbocycles. The van der Waals surface area contributed by atoms with E-state index >= 15 is 0 Å². The summed E-state index contributed by atoms with van der Waals surface area (Å²) in [6, 6.07) is 21.6. The molecule has 0 aliphatic heterocycles. The van der Waals surface area contributed by atoms with Crippen molar-refractivity contribution in [3.8, 4) is 0 Å². The highest BCUT2D eigenvalue weighted by molar-refractivity contribution is 6.08. The highest BCUT2D eigenvalue weighted by Gasteiger charge is 2.11. The molecule has 6 nitrogen and oxygen atoms in total. The molecule has 6 heteroatoms. The second-order valence-electron chi connectivity index (χ2n) is 6.79. The number of aliphatic hydroxyl groups excluding tert-OH is 1. The number of aromatic nitrogens is 1. The van der Waals surface area contributed by atoms with Crippen molar-refractivity contribution in [1.82, 2.24) is 4.98 Å². The molecule has 1 amide bonds. The molecular formula is C23H22N4O2. The van der Waals surface area contributed by atoms with Crippen molar-refractivity contribution < 1.29 is 9.90 Å². The number of nitrogens with one attached hydrogen (secondary N) is 2. The molecule has 0 radical (unpaired) electrons. The van der Waals surface area contributed by atoms with Crippen LogP contribution in [0.15, 0.2) is 66.7 Å². The van der Waals surface area contributed by atoms with Gasteiger partial charge in [0, 0.05) is 28.8 Å². The maximum Gasteiger partial charge on any atom is 0.238 e. The Morgan fingerprint density at radius 3 is 2.17 bits per heavy atom. The number of anilines is 3. The lowest BCUT2D eigenvalue weighted by atomic mass is 10.1. The van der Waals surface area contributed by atoms with Crippen LogP contribution in [-0.4, -0.2) is 29.1 Å². The zero-order chi connectivity index (χ0) is 20.2. The van der Waals surface area contributed by atoms with Crippen LogP contribution >= 0.6 is 0 Å². The summed E-state index contributed by atoms with van der Waals surface area (Å²) >= 11 is 0. The Bertz CT molecular complexity index is 1140. The van der Waals surface area contributed by atoms with Crippen LogP contribution in [0, 0.1) is 0 Å². The van der Waals surface area contributed by atoms with Gasteiger partial charge in [-0.25, -0.2) is 4.98 Å². The summed E-state index contributed by atoms with van der Waals surface area (Å²) in [5, 5.41) is 17.7. The van der Waals surface area contributed by atoms with Gasteiger partial charge in [0.2, 0.25) is 5.91 Å². The summed E-state index contributed by atoms with van der Waals surface area (Å²) in [7, 11) is 0. The Morgan fingerprint density at radius 1 is 0.931 bits per heavy atom. The smallest absolute Gasteiger partial charge is 0.238 e. The van der Waals surface area contributed by atoms with E-state index in [0.717, 1.165) is 38.7 Å². The number of nitrogens with zero attached hydrogens (tertiary/aromatic N) is 1. The van der Waals surface area contributed by atoms with Gasteiger partial charge >= 0.3 is 0 Å². The van der Waals surface area contributed by atoms with Crippen molar-refractivity contribution in [3.05, 3.63) is 72.3 Å². The number of benzene rings is 3. The summed E-state index contributed by atoms with van der Waals surface area (Å²) in [6.07, 6.45) is 0.485. The molecule has 0 aliphatic carbocycles. The standard InChI is InChI=1S/C23H22N4O2/c24-14-22(29)25-16-11-15(9-10-28)12-17(13-16)26-23-18-5-1-3-7-20(18)27-21-8-4-2-6-19(21)23/h1-8,11-13,28H,9-10,14,24H2,(H,25,29)(H,26,27). The molecule has 0 aliphatic rings. The van der Waals surface area contributed by atoms with Gasteiger partial charge in [-0.15, -0.1) is 0 Å². The number of carbonyl (C=O) groups is 1. The average Bonchev–Trinajstić information content (AvgIpc) is 2.73. The predicted molar refractivity (Wildman–Crippen MR) is 117 cm³/mol. The molecule has 1 heterocycles. The Balaban J connectivity index is 1.84. The average molecular weight is 386 g/mol. The van der Waals surface area contributed by atoms with Gasteiger partial charge < -0.3 is 21.5 Å². The normalized spacial score (nSPS) is 11.0. The third-order valence-electron chi connectivity index (χ3n) is 4.72. The van der Waals surface area contributed by atoms with Gasteiger partial charge in [0.15, 0.2) is 0 Å². The third-order valence-corrected chi connectivity index (χ3v) is 4.72. The third kappa shape index (κ3) is 4.03. The Labute approximate surface area is 168 Å². The van der Waals surface area contributed by atoms with Gasteiger partial charge in [-0.05, 0) is 42.3 Å². The van der Waals surface area contributed by atoms with Crippen LogP contribution < -0.4 is 16.4 Å². The molecule has 0 atom stereocenters. The maximum absolute atomic E-state index is 11.8. The lowest BCUT2D eigenvalue weighted by Gasteiger charge is -2.16. The van der Waals surface area contributed by atoms with Crippen LogP contribution in [0.1, 0.15) is 5.56 Å². The minimum absolute atomic E-state index is 0.0227. The summed E-state index contributed by atoms with van der Waals surface area (Å²) < 4.78 is 0. The quantitative estimate of drug-likeness (QED) is 0.380. The number of para-hydroxylation sites is 2. The molecule has 146 valence electrons. The van der Waals surface area contributed by atoms with E-state index in [2.05, 4.69) is 10.6 Å². The first-order valence-electron chi connectivity index (χ1n) is 9.47. The van der Waals surface area contributed by atoms with Crippen LogP contribution in [0.25, 0.3) is 21.8 Å². The van der Waals surface area contributed by atoms with Crippen molar-refractivity contribution >= 4 is 44.8 Å². The van der Waals surface area contributed by atoms with E-state index in [1.54, 1.807) is 0 Å². The fraction of sp³-hybridized carbons (Fsp3) is 0.130. The van der Waals surface area contributed by atoms with Gasteiger partial charge in [-0.3, -0.25) is 4.79 Å². The molecule has 4 rings (SSSR count). The number of nitrogens with two attached hydrogens (primary N) is 1. The fourth-order valence-corrected chi connectivity index (χ4v) is 3.44. The first kappa shape index (κ1) is 18.9. The summed E-state index contributed by atoms with van der Waals surface area (Å²) in [4.78, 5) is 16.5. The van der Waals surface area contributed by atoms with E-state index in [1.165, 1.54) is 0 Å². The Morgan fingerprint density at radius 2 is 1.55 bits per heavy atom. The highest BCUT2D eigenvalue weighted by Crippen LogP contribution is 2.34. The number of carbonyl (C=O) groups excluding carboxylic acids is 1. The monoisotopic (exact) mass is 386 g/mol. The van der Waals surface area contributed by atoms with Gasteiger partial charge in [0.05, 0.1) is 23.3 Å². The number of rotatable bonds is 6. The molecule has 4 aromatic rings. The summed E-state index contributed by atoms with van der Waals surface area (Å²) in [5.41, 5.74) is 10.5. The summed E-state index contributed by atoms with van der Waals surface area (Å²) in [6.45, 7) is -0.0680. The molecule has 0 fully saturated rings. The van der Waals surface area contributed by atoms with Crippen molar-refractivity contribution in [2.45, 2.75) is 6.42 Å². The zero-order valence-corrected chi connectivity index (χ0v) is 15.9. The second-order valence-corrected chi connectivity index (χ2v) is 6.79. The van der Waals surface area contributed by atoms with Crippen LogP contribution in [0.5, 0.6) is 0 Å². The molecule has 0 unspecified atom stereocenters. The Hall–Kier alpha value is -3.48. The number of pyridine rings is 1. The van der Waals surface area contributed by atoms with Gasteiger partial charge in [-0.1, -0.05) is 36.4 Å². The minimum Gasteiger partial charge on any atom is -0.396 e. The minimum atomic E-state index is -0.267. The van der Waals surface area contributed by atoms with Crippen molar-refractivity contribution in [1.29, 1.82) is 0 Å². The first-order chi connectivity index (χ1) is 14.2. The van der Waals surface area contributed by atoms with Crippen molar-refractivity contribution in [2.75, 3.05) is 23.8 Å². The van der Waals surface area contributed by atoms with E-state index in [4.69, 9.17) is 10.7 Å². The van der Waals surface area contributed by atoms with Crippen LogP contribution in [0.2, 0.25) is 0 Å². The molecule has 0 bridgehead atoms. The molecule has 5 N–H and O–H groups in total. The van der Waals surface area contributed by atoms with E-state index in [-0.39, 0.29) is 19.1 Å². The largest absolute Gasteiger partial charge is 0.396 e. The van der Waals surface area contributed by atoms with Crippen molar-refractivity contribution in [2.24, 2.45) is 5.73 Å². The number of hydrogen-bond acceptors (Lipinski definition) is 5. The highest BCUT2D eigenvalue weighted by atomic mass is 16.3. The first-order valence-corrected chi connectivity index (χ1v) is 9.47. The lowest BCUT2D eigenvalue weighted by Crippen LogP contribution is -2.22. The molecule has 0 spiro atoms. The maximum atomic E-state index is 11.8. The van der Waals surface area contributed by atoms with Gasteiger partial charge in [-0.2, -0.15) is 0 Å². The topological polar surface area (TPSA) is 100 Å². The molecule has 0 saturated carbocycles. The number of fused-ring (bicyclic) bond motifs is 2. The van der Waals surface area contributed by atoms with Crippen LogP contribution in [0.3, 0.4) is 0 Å². The van der Waals surface area contributed by atoms with E-state index < -0.39 is 0 Å². The number of amides is 1. The SMILES string of the molecule is NCC(=O)Nc1cc(CCO)cc(Nc2c3ccccc3nc3ccccc23)c1. The van der Waals surface area contributed by atoms with Crippen LogP contribution in [-0.2, 0) is 11.2 Å². The van der Waals surface area contributed by atoms with E-state index in [1.807, 2.05) is 66.7 Å². The van der Waals surface area contributed by atoms with Crippen molar-refractivity contribution in [3.63, 3.8) is 0 Å². The molecular weight excluding hydrogens is 364 g/mol. The fourth-order valence-electron chi connectivity index (χ4n) is 3.44. The number of aliphatic hydroxyl groups is 1. The Kier molecular flexibility index (Phi) is 5.37. The molecule has 0 saturated heterocycles. The van der Waals surface area contributed by atoms with Gasteiger partial charge in [0.25, 0.3) is 0 Å². The van der Waals surface area contributed by atoms with E-state index in [9.17, 15) is 9.90 Å². The molecule has 1 aromatic heterocycles. The molecule has 29 heavy (non-hydrogen) atoms. The lowest BCUT2D eigenvalue weighted by molar-refractivity contribution is -0.114. The predicted octanol–water partition coefficient (Wildman–Crippen LogP) is 3.56. The van der Waals surface area contributed by atoms with Gasteiger partial charge in [0.1, 0.15) is 0 Å². The number of hydrogen-bond donors (Lipinski definition) is 4.